The van der Waals surface area contributed by atoms with Gasteiger partial charge in [0, 0.05) is 23.4 Å². The third-order valence-corrected chi connectivity index (χ3v) is 4.20. The molecule has 1 aromatic carbocycles. The largest absolute Gasteiger partial charge is 0.407 e. The van der Waals surface area contributed by atoms with E-state index in [9.17, 15) is 9.59 Å². The maximum absolute atomic E-state index is 12.6. The van der Waals surface area contributed by atoms with Crippen LogP contribution in [0.3, 0.4) is 0 Å². The Balaban J connectivity index is 1.82. The molecule has 1 heterocycles. The van der Waals surface area contributed by atoms with Crippen LogP contribution in [0.4, 0.5) is 0 Å². The maximum atomic E-state index is 12.6. The summed E-state index contributed by atoms with van der Waals surface area (Å²) in [6.07, 6.45) is 6.22. The van der Waals surface area contributed by atoms with Gasteiger partial charge < -0.3 is 9.84 Å². The number of hydrogen-bond acceptors (Lipinski definition) is 5. The van der Waals surface area contributed by atoms with Crippen LogP contribution in [0.1, 0.15) is 34.0 Å². The fourth-order valence-corrected chi connectivity index (χ4v) is 2.71. The van der Waals surface area contributed by atoms with Crippen molar-refractivity contribution in [3.8, 4) is 5.88 Å². The van der Waals surface area contributed by atoms with E-state index in [1.807, 2.05) is 43.3 Å². The first kappa shape index (κ1) is 16.1. The quantitative estimate of drug-likeness (QED) is 0.691. The number of carbonyl (C=O) groups excluding carboxylic acids is 2. The summed E-state index contributed by atoms with van der Waals surface area (Å²) in [5.74, 6) is -0.387. The number of ether oxygens (including phenoxy) is 1. The van der Waals surface area contributed by atoms with Crippen molar-refractivity contribution >= 4 is 18.3 Å². The van der Waals surface area contributed by atoms with Gasteiger partial charge in [0.05, 0.1) is 12.0 Å². The van der Waals surface area contributed by atoms with E-state index in [-0.39, 0.29) is 18.1 Å². The number of carbonyl (C=O) groups is 2. The Morgan fingerprint density at radius 2 is 2.21 bits per heavy atom. The van der Waals surface area contributed by atoms with E-state index >= 15 is 0 Å². The van der Waals surface area contributed by atoms with Gasteiger partial charge in [-0.2, -0.15) is 0 Å². The Hall–Kier alpha value is -2.79. The molecule has 0 spiro atoms. The van der Waals surface area contributed by atoms with Crippen LogP contribution in [0.25, 0.3) is 6.08 Å². The van der Waals surface area contributed by atoms with Crippen LogP contribution in [0.2, 0.25) is 0 Å². The van der Waals surface area contributed by atoms with Gasteiger partial charge in [-0.15, -0.1) is 0 Å². The lowest BCUT2D eigenvalue weighted by molar-refractivity contribution is -0.142. The van der Waals surface area contributed by atoms with Crippen LogP contribution in [0.5, 0.6) is 5.88 Å². The second-order valence-electron chi connectivity index (χ2n) is 6.01. The predicted molar refractivity (Wildman–Crippen MR) is 88.5 cm³/mol. The molecule has 1 atom stereocenters. The van der Waals surface area contributed by atoms with E-state index in [2.05, 4.69) is 4.98 Å². The Morgan fingerprint density at radius 3 is 2.96 bits per heavy atom. The number of aldehydes is 1. The van der Waals surface area contributed by atoms with Crippen molar-refractivity contribution < 1.29 is 19.4 Å². The smallest absolute Gasteiger partial charge is 0.322 e. The first-order chi connectivity index (χ1) is 11.6. The van der Waals surface area contributed by atoms with Crippen LogP contribution < -0.4 is 4.74 Å². The minimum atomic E-state index is -0.799. The molecular formula is C19H17NO4. The summed E-state index contributed by atoms with van der Waals surface area (Å²) in [4.78, 5) is 27.6. The average Bonchev–Trinajstić information content (AvgIpc) is 2.61. The maximum Gasteiger partial charge on any atom is 0.322 e. The van der Waals surface area contributed by atoms with Gasteiger partial charge in [0.25, 0.3) is 0 Å². The molecule has 2 aromatic rings. The van der Waals surface area contributed by atoms with Gasteiger partial charge in [0.15, 0.2) is 6.29 Å². The molecule has 0 saturated heterocycles. The molecular weight excluding hydrogens is 306 g/mol. The van der Waals surface area contributed by atoms with Crippen LogP contribution in [0, 0.1) is 5.41 Å². The van der Waals surface area contributed by atoms with Gasteiger partial charge in [-0.1, -0.05) is 36.4 Å². The highest BCUT2D eigenvalue weighted by molar-refractivity contribution is 5.84. The molecule has 24 heavy (non-hydrogen) atoms. The molecule has 0 amide bonds. The number of esters is 1. The highest BCUT2D eigenvalue weighted by atomic mass is 16.5. The van der Waals surface area contributed by atoms with Crippen LogP contribution in [-0.4, -0.2) is 22.3 Å². The Kier molecular flexibility index (Phi) is 4.27. The van der Waals surface area contributed by atoms with Crippen LogP contribution >= 0.6 is 0 Å². The summed E-state index contributed by atoms with van der Waals surface area (Å²) in [6.45, 7) is 1.51. The standard InChI is InChI=1S/C19H17NO4/c1-19(7-6-13-4-2-3-5-14(13)9-19)18(23)24-17-8-15(11-21)16(12-22)10-20-17/h2-8,10-11,22H,9,12H2,1H3. The highest BCUT2D eigenvalue weighted by Gasteiger charge is 2.35. The van der Waals surface area contributed by atoms with E-state index in [0.717, 1.165) is 11.1 Å². The minimum Gasteiger partial charge on any atom is -0.407 e. The first-order valence-electron chi connectivity index (χ1n) is 7.60. The van der Waals surface area contributed by atoms with Gasteiger partial charge in [-0.05, 0) is 24.5 Å². The van der Waals surface area contributed by atoms with Crippen molar-refractivity contribution in [2.75, 3.05) is 0 Å². The predicted octanol–water partition coefficient (Wildman–Crippen LogP) is 2.57. The van der Waals surface area contributed by atoms with Crippen molar-refractivity contribution in [1.29, 1.82) is 0 Å². The van der Waals surface area contributed by atoms with Gasteiger partial charge in [0.1, 0.15) is 0 Å². The summed E-state index contributed by atoms with van der Waals surface area (Å²) in [6, 6.07) is 9.25. The molecule has 3 rings (SSSR count). The van der Waals surface area contributed by atoms with Crippen LogP contribution in [0.15, 0.2) is 42.6 Å². The molecule has 0 aliphatic heterocycles. The Labute approximate surface area is 139 Å². The summed E-state index contributed by atoms with van der Waals surface area (Å²) in [5.41, 5.74) is 2.02. The number of aliphatic hydroxyl groups is 1. The van der Waals surface area contributed by atoms with Crippen molar-refractivity contribution in [1.82, 2.24) is 4.98 Å². The Morgan fingerprint density at radius 1 is 1.42 bits per heavy atom. The third kappa shape index (κ3) is 2.98. The normalized spacial score (nSPS) is 18.8. The van der Waals surface area contributed by atoms with E-state index in [0.29, 0.717) is 18.3 Å². The molecule has 1 aromatic heterocycles. The number of aliphatic hydroxyl groups excluding tert-OH is 1. The van der Waals surface area contributed by atoms with Gasteiger partial charge in [-0.3, -0.25) is 9.59 Å². The molecule has 122 valence electrons. The van der Waals surface area contributed by atoms with Crippen LogP contribution in [-0.2, 0) is 17.8 Å². The monoisotopic (exact) mass is 323 g/mol. The summed E-state index contributed by atoms with van der Waals surface area (Å²) in [7, 11) is 0. The third-order valence-electron chi connectivity index (χ3n) is 4.20. The van der Waals surface area contributed by atoms with Gasteiger partial charge >= 0.3 is 5.97 Å². The first-order valence-corrected chi connectivity index (χ1v) is 7.60. The van der Waals surface area contributed by atoms with E-state index < -0.39 is 11.4 Å². The lowest BCUT2D eigenvalue weighted by atomic mass is 9.78. The lowest BCUT2D eigenvalue weighted by Gasteiger charge is -2.27. The van der Waals surface area contributed by atoms with Crippen molar-refractivity contribution in [2.45, 2.75) is 20.0 Å². The van der Waals surface area contributed by atoms with Crippen molar-refractivity contribution in [3.63, 3.8) is 0 Å². The van der Waals surface area contributed by atoms with E-state index in [4.69, 9.17) is 9.84 Å². The number of aromatic nitrogens is 1. The van der Waals surface area contributed by atoms with Crippen molar-refractivity contribution in [2.24, 2.45) is 5.41 Å². The summed E-state index contributed by atoms with van der Waals surface area (Å²) >= 11 is 0. The average molecular weight is 323 g/mol. The minimum absolute atomic E-state index is 0.0489. The fraction of sp³-hybridized carbons (Fsp3) is 0.211. The molecule has 1 unspecified atom stereocenters. The topological polar surface area (TPSA) is 76.5 Å². The van der Waals surface area contributed by atoms with Crippen molar-refractivity contribution in [3.05, 3.63) is 64.9 Å². The SMILES string of the molecule is CC1(C(=O)Oc2cc(C=O)c(CO)cn2)C=Cc2ccccc2C1. The number of benzene rings is 1. The summed E-state index contributed by atoms with van der Waals surface area (Å²) < 4.78 is 5.37. The number of fused-ring (bicyclic) bond motifs is 1. The zero-order chi connectivity index (χ0) is 17.2. The highest BCUT2D eigenvalue weighted by Crippen LogP contribution is 2.33. The number of rotatable bonds is 4. The number of nitrogens with zero attached hydrogens (tertiary/aromatic N) is 1. The molecule has 5 nitrogen and oxygen atoms in total. The second kappa shape index (κ2) is 6.37. The number of hydrogen-bond donors (Lipinski definition) is 1. The lowest BCUT2D eigenvalue weighted by Crippen LogP contribution is -2.34. The molecule has 1 aliphatic carbocycles. The fourth-order valence-electron chi connectivity index (χ4n) is 2.71. The molecule has 5 heteroatoms. The second-order valence-corrected chi connectivity index (χ2v) is 6.01. The molecule has 0 bridgehead atoms. The molecule has 0 fully saturated rings. The molecule has 1 aliphatic rings. The van der Waals surface area contributed by atoms with E-state index in [1.54, 1.807) is 0 Å². The zero-order valence-electron chi connectivity index (χ0n) is 13.2. The van der Waals surface area contributed by atoms with Gasteiger partial charge in [0.2, 0.25) is 5.88 Å². The molecule has 0 saturated carbocycles. The van der Waals surface area contributed by atoms with E-state index in [1.165, 1.54) is 12.3 Å². The number of pyridine rings is 1. The zero-order valence-corrected chi connectivity index (χ0v) is 13.2. The molecule has 0 radical (unpaired) electrons. The summed E-state index contributed by atoms with van der Waals surface area (Å²) in [5, 5.41) is 9.14. The van der Waals surface area contributed by atoms with Gasteiger partial charge in [-0.25, -0.2) is 4.98 Å². The molecule has 1 N–H and O–H groups in total. The Bertz CT molecular complexity index is 828.